The van der Waals surface area contributed by atoms with E-state index in [0.717, 1.165) is 20.5 Å². The number of thiophene rings is 2. The molecule has 2 aromatic heterocycles. The molecule has 0 amide bonds. The van der Waals surface area contributed by atoms with Crippen LogP contribution in [0, 0.1) is 19.3 Å². The quantitative estimate of drug-likeness (QED) is 0.753. The van der Waals surface area contributed by atoms with Crippen LogP contribution in [0.25, 0.3) is 9.40 Å². The van der Waals surface area contributed by atoms with Crippen molar-refractivity contribution in [3.05, 3.63) is 21.4 Å². The number of terminal acetylenes is 1. The van der Waals surface area contributed by atoms with Crippen LogP contribution in [-0.2, 0) is 0 Å². The molecule has 0 saturated carbocycles. The van der Waals surface area contributed by atoms with Gasteiger partial charge in [0.1, 0.15) is 4.88 Å². The summed E-state index contributed by atoms with van der Waals surface area (Å²) < 4.78 is 1.92. The lowest BCUT2D eigenvalue weighted by atomic mass is 10.2. The second-order valence-corrected chi connectivity index (χ2v) is 4.71. The molecule has 0 bridgehead atoms. The molecule has 0 unspecified atom stereocenters. The number of hydrogen-bond donors (Lipinski definition) is 1. The van der Waals surface area contributed by atoms with Gasteiger partial charge in [-0.15, -0.1) is 29.1 Å². The zero-order valence-corrected chi connectivity index (χ0v) is 8.96. The van der Waals surface area contributed by atoms with Crippen molar-refractivity contribution in [3.8, 4) is 12.3 Å². The Bertz CT molecular complexity index is 554. The highest BCUT2D eigenvalue weighted by Crippen LogP contribution is 2.37. The van der Waals surface area contributed by atoms with E-state index in [1.54, 1.807) is 0 Å². The number of aryl methyl sites for hydroxylation is 1. The van der Waals surface area contributed by atoms with Gasteiger partial charge in [-0.3, -0.25) is 0 Å². The summed E-state index contributed by atoms with van der Waals surface area (Å²) in [6.45, 7) is 1.82. The summed E-state index contributed by atoms with van der Waals surface area (Å²) in [6.07, 6.45) is 5.31. The van der Waals surface area contributed by atoms with Gasteiger partial charge in [0.25, 0.3) is 0 Å². The van der Waals surface area contributed by atoms with Crippen LogP contribution in [-0.4, -0.2) is 11.1 Å². The average molecular weight is 222 g/mol. The topological polar surface area (TPSA) is 37.3 Å². The van der Waals surface area contributed by atoms with Crippen molar-refractivity contribution in [3.63, 3.8) is 0 Å². The molecule has 0 aliphatic rings. The Kier molecular flexibility index (Phi) is 2.06. The van der Waals surface area contributed by atoms with Gasteiger partial charge in [0.05, 0.1) is 15.0 Å². The Morgan fingerprint density at radius 1 is 1.57 bits per heavy atom. The highest BCUT2D eigenvalue weighted by molar-refractivity contribution is 7.28. The van der Waals surface area contributed by atoms with Crippen molar-refractivity contribution >= 4 is 38.0 Å². The molecule has 0 fully saturated rings. The number of fused-ring (bicyclic) bond motifs is 1. The second-order valence-electron chi connectivity index (χ2n) is 2.81. The van der Waals surface area contributed by atoms with Gasteiger partial charge in [-0.25, -0.2) is 4.79 Å². The minimum Gasteiger partial charge on any atom is -0.477 e. The molecule has 0 aromatic carbocycles. The minimum absolute atomic E-state index is 0.392. The molecule has 2 rings (SSSR count). The fourth-order valence-electron chi connectivity index (χ4n) is 1.29. The van der Waals surface area contributed by atoms with Crippen LogP contribution in [0.2, 0.25) is 0 Å². The second kappa shape index (κ2) is 3.12. The monoisotopic (exact) mass is 222 g/mol. The lowest BCUT2D eigenvalue weighted by Gasteiger charge is -1.88. The third kappa shape index (κ3) is 1.14. The van der Waals surface area contributed by atoms with Gasteiger partial charge in [-0.2, -0.15) is 0 Å². The Balaban J connectivity index is 2.82. The predicted octanol–water partition coefficient (Wildman–Crippen LogP) is 2.95. The van der Waals surface area contributed by atoms with E-state index >= 15 is 0 Å². The highest BCUT2D eigenvalue weighted by atomic mass is 32.1. The zero-order valence-electron chi connectivity index (χ0n) is 7.33. The molecular weight excluding hydrogens is 216 g/mol. The van der Waals surface area contributed by atoms with E-state index in [1.165, 1.54) is 22.7 Å². The molecule has 0 atom stereocenters. The third-order valence-electron chi connectivity index (χ3n) is 1.98. The number of hydrogen-bond acceptors (Lipinski definition) is 3. The summed E-state index contributed by atoms with van der Waals surface area (Å²) in [6, 6.07) is 0. The summed E-state index contributed by atoms with van der Waals surface area (Å²) in [5, 5.41) is 10.8. The molecule has 14 heavy (non-hydrogen) atoms. The van der Waals surface area contributed by atoms with E-state index in [9.17, 15) is 4.79 Å². The first kappa shape index (κ1) is 9.25. The number of carboxylic acid groups (broad SMARTS) is 1. The highest BCUT2D eigenvalue weighted by Gasteiger charge is 2.17. The number of carboxylic acids is 1. The van der Waals surface area contributed by atoms with Crippen LogP contribution in [0.1, 0.15) is 20.8 Å². The summed E-state index contributed by atoms with van der Waals surface area (Å²) in [7, 11) is 0. The van der Waals surface area contributed by atoms with Crippen LogP contribution in [0.4, 0.5) is 0 Å². The molecule has 0 saturated heterocycles. The minimum atomic E-state index is -0.876. The van der Waals surface area contributed by atoms with Crippen LogP contribution in [0.15, 0.2) is 5.38 Å². The van der Waals surface area contributed by atoms with Crippen molar-refractivity contribution in [1.29, 1.82) is 0 Å². The molecular formula is C10H6O2S2. The van der Waals surface area contributed by atoms with Crippen molar-refractivity contribution in [2.24, 2.45) is 0 Å². The van der Waals surface area contributed by atoms with Crippen molar-refractivity contribution in [2.75, 3.05) is 0 Å². The van der Waals surface area contributed by atoms with E-state index in [-0.39, 0.29) is 0 Å². The molecule has 0 radical (unpaired) electrons. The molecule has 0 spiro atoms. The molecule has 2 nitrogen and oxygen atoms in total. The Hall–Kier alpha value is -1.31. The first-order valence-corrected chi connectivity index (χ1v) is 5.55. The summed E-state index contributed by atoms with van der Waals surface area (Å²) in [4.78, 5) is 11.2. The van der Waals surface area contributed by atoms with Gasteiger partial charge in [0, 0.05) is 5.38 Å². The third-order valence-corrected chi connectivity index (χ3v) is 4.52. The summed E-state index contributed by atoms with van der Waals surface area (Å²) >= 11 is 2.77. The summed E-state index contributed by atoms with van der Waals surface area (Å²) in [5.74, 6) is 1.68. The van der Waals surface area contributed by atoms with Gasteiger partial charge in [0.2, 0.25) is 0 Å². The van der Waals surface area contributed by atoms with Crippen molar-refractivity contribution < 1.29 is 9.90 Å². The van der Waals surface area contributed by atoms with Crippen LogP contribution in [0.3, 0.4) is 0 Å². The number of rotatable bonds is 1. The van der Waals surface area contributed by atoms with Gasteiger partial charge in [0.15, 0.2) is 0 Å². The van der Waals surface area contributed by atoms with Crippen LogP contribution >= 0.6 is 22.7 Å². The largest absolute Gasteiger partial charge is 0.477 e. The van der Waals surface area contributed by atoms with Crippen molar-refractivity contribution in [1.82, 2.24) is 0 Å². The Labute approximate surface area is 88.8 Å². The maximum atomic E-state index is 10.9. The van der Waals surface area contributed by atoms with Gasteiger partial charge >= 0.3 is 5.97 Å². The van der Waals surface area contributed by atoms with E-state index in [1.807, 2.05) is 12.3 Å². The number of carbonyl (C=O) groups is 1. The van der Waals surface area contributed by atoms with Crippen LogP contribution in [0.5, 0.6) is 0 Å². The SMILES string of the molecule is C#Cc1csc2c(C)c(C(=O)O)sc12. The molecule has 2 heterocycles. The van der Waals surface area contributed by atoms with Gasteiger partial charge < -0.3 is 5.11 Å². The predicted molar refractivity (Wildman–Crippen MR) is 59.3 cm³/mol. The smallest absolute Gasteiger partial charge is 0.346 e. The fourth-order valence-corrected chi connectivity index (χ4v) is 3.64. The molecule has 0 aliphatic heterocycles. The van der Waals surface area contributed by atoms with E-state index in [2.05, 4.69) is 5.92 Å². The Morgan fingerprint density at radius 2 is 2.29 bits per heavy atom. The first-order chi connectivity index (χ1) is 6.65. The first-order valence-electron chi connectivity index (χ1n) is 3.85. The molecule has 1 N–H and O–H groups in total. The zero-order chi connectivity index (χ0) is 10.3. The fraction of sp³-hybridized carbons (Fsp3) is 0.100. The summed E-state index contributed by atoms with van der Waals surface area (Å²) in [5.41, 5.74) is 1.62. The Morgan fingerprint density at radius 3 is 2.86 bits per heavy atom. The maximum Gasteiger partial charge on any atom is 0.346 e. The molecule has 70 valence electrons. The van der Waals surface area contributed by atoms with E-state index in [0.29, 0.717) is 4.88 Å². The van der Waals surface area contributed by atoms with Gasteiger partial charge in [-0.1, -0.05) is 5.92 Å². The van der Waals surface area contributed by atoms with E-state index < -0.39 is 5.97 Å². The molecule has 4 heteroatoms. The van der Waals surface area contributed by atoms with Gasteiger partial charge in [-0.05, 0) is 12.5 Å². The normalized spacial score (nSPS) is 10.3. The molecule has 2 aromatic rings. The molecule has 0 aliphatic carbocycles. The maximum absolute atomic E-state index is 10.9. The van der Waals surface area contributed by atoms with E-state index in [4.69, 9.17) is 11.5 Å². The number of aromatic carboxylic acids is 1. The standard InChI is InChI=1S/C10H6O2S2/c1-3-6-4-13-7-5(2)8(10(11)12)14-9(6)7/h1,4H,2H3,(H,11,12). The lowest BCUT2D eigenvalue weighted by molar-refractivity contribution is 0.0701. The average Bonchev–Trinajstić information content (AvgIpc) is 2.66. The lowest BCUT2D eigenvalue weighted by Crippen LogP contribution is -1.93. The van der Waals surface area contributed by atoms with Crippen LogP contribution < -0.4 is 0 Å². The van der Waals surface area contributed by atoms with Crippen molar-refractivity contribution in [2.45, 2.75) is 6.92 Å².